The van der Waals surface area contributed by atoms with Crippen LogP contribution in [0.15, 0.2) is 36.4 Å². The molecule has 0 unspecified atom stereocenters. The van der Waals surface area contributed by atoms with E-state index in [-0.39, 0.29) is 17.1 Å². The Kier molecular flexibility index (Phi) is 2.89. The molecule has 5 heteroatoms. The van der Waals surface area contributed by atoms with E-state index in [9.17, 15) is 8.78 Å². The van der Waals surface area contributed by atoms with Gasteiger partial charge in [-0.05, 0) is 23.3 Å². The van der Waals surface area contributed by atoms with E-state index in [1.165, 1.54) is 0 Å². The fraction of sp³-hybridized carbons (Fsp3) is 0.133. The molecule has 0 amide bonds. The van der Waals surface area contributed by atoms with Crippen molar-refractivity contribution in [3.63, 3.8) is 0 Å². The molecule has 0 radical (unpaired) electrons. The number of fused-ring (bicyclic) bond motifs is 1. The van der Waals surface area contributed by atoms with Gasteiger partial charge in [0.2, 0.25) is 0 Å². The Morgan fingerprint density at radius 2 is 1.55 bits per heavy atom. The minimum Gasteiger partial charge on any atom is -0.384 e. The van der Waals surface area contributed by atoms with Crippen molar-refractivity contribution in [2.45, 2.75) is 13.1 Å². The SMILES string of the molecule is N=C(N)c1cc(F)c(N2Cc3ccccc3C2)c(F)c1. The van der Waals surface area contributed by atoms with Crippen molar-refractivity contribution in [3.05, 3.63) is 64.7 Å². The lowest BCUT2D eigenvalue weighted by molar-refractivity contribution is 0.572. The van der Waals surface area contributed by atoms with Gasteiger partial charge >= 0.3 is 0 Å². The van der Waals surface area contributed by atoms with Crippen LogP contribution in [0.2, 0.25) is 0 Å². The fourth-order valence-corrected chi connectivity index (χ4v) is 2.51. The van der Waals surface area contributed by atoms with Gasteiger partial charge in [-0.1, -0.05) is 24.3 Å². The molecular weight excluding hydrogens is 260 g/mol. The number of nitrogens with one attached hydrogen (secondary N) is 1. The summed E-state index contributed by atoms with van der Waals surface area (Å²) in [7, 11) is 0. The second kappa shape index (κ2) is 4.59. The third-order valence-corrected chi connectivity index (χ3v) is 3.48. The number of amidine groups is 1. The van der Waals surface area contributed by atoms with Gasteiger partial charge in [0, 0.05) is 18.7 Å². The molecule has 1 aliphatic rings. The Morgan fingerprint density at radius 1 is 1.05 bits per heavy atom. The third-order valence-electron chi connectivity index (χ3n) is 3.48. The average Bonchev–Trinajstić information content (AvgIpc) is 2.80. The topological polar surface area (TPSA) is 53.1 Å². The Hall–Kier alpha value is -2.43. The lowest BCUT2D eigenvalue weighted by atomic mass is 10.1. The molecule has 0 aromatic heterocycles. The monoisotopic (exact) mass is 273 g/mol. The maximum atomic E-state index is 14.1. The zero-order valence-electron chi connectivity index (χ0n) is 10.7. The molecule has 0 saturated carbocycles. The van der Waals surface area contributed by atoms with Crippen LogP contribution < -0.4 is 10.6 Å². The molecule has 1 heterocycles. The molecule has 0 bridgehead atoms. The molecule has 3 rings (SSSR count). The summed E-state index contributed by atoms with van der Waals surface area (Å²) >= 11 is 0. The molecule has 20 heavy (non-hydrogen) atoms. The van der Waals surface area contributed by atoms with Crippen molar-refractivity contribution in [2.24, 2.45) is 5.73 Å². The second-order valence-electron chi connectivity index (χ2n) is 4.83. The summed E-state index contributed by atoms with van der Waals surface area (Å²) in [5.41, 5.74) is 7.40. The number of anilines is 1. The molecule has 2 aromatic carbocycles. The number of nitrogens with two attached hydrogens (primary N) is 1. The highest BCUT2D eigenvalue weighted by atomic mass is 19.1. The van der Waals surface area contributed by atoms with Crippen molar-refractivity contribution in [1.82, 2.24) is 0 Å². The molecule has 0 saturated heterocycles. The fourth-order valence-electron chi connectivity index (χ4n) is 2.51. The van der Waals surface area contributed by atoms with E-state index < -0.39 is 11.6 Å². The molecular formula is C15H13F2N3. The van der Waals surface area contributed by atoms with Crippen LogP contribution >= 0.6 is 0 Å². The van der Waals surface area contributed by atoms with Gasteiger partial charge in [-0.2, -0.15) is 0 Å². The Balaban J connectivity index is 1.99. The van der Waals surface area contributed by atoms with Crippen LogP contribution in [0.5, 0.6) is 0 Å². The van der Waals surface area contributed by atoms with E-state index in [2.05, 4.69) is 0 Å². The van der Waals surface area contributed by atoms with E-state index in [4.69, 9.17) is 11.1 Å². The van der Waals surface area contributed by atoms with Crippen LogP contribution in [-0.4, -0.2) is 5.84 Å². The summed E-state index contributed by atoms with van der Waals surface area (Å²) in [5, 5.41) is 7.24. The molecule has 0 atom stereocenters. The van der Waals surface area contributed by atoms with Gasteiger partial charge in [0.15, 0.2) is 0 Å². The van der Waals surface area contributed by atoms with Crippen LogP contribution in [0.4, 0.5) is 14.5 Å². The summed E-state index contributed by atoms with van der Waals surface area (Å²) in [6, 6.07) is 9.93. The summed E-state index contributed by atoms with van der Waals surface area (Å²) in [5.74, 6) is -1.73. The first-order valence-electron chi connectivity index (χ1n) is 6.21. The number of halogens is 2. The van der Waals surface area contributed by atoms with E-state index in [1.807, 2.05) is 24.3 Å². The lowest BCUT2D eigenvalue weighted by Gasteiger charge is -2.19. The highest BCUT2D eigenvalue weighted by Crippen LogP contribution is 2.32. The Bertz CT molecular complexity index is 649. The second-order valence-corrected chi connectivity index (χ2v) is 4.83. The highest BCUT2D eigenvalue weighted by molar-refractivity contribution is 5.95. The van der Waals surface area contributed by atoms with Crippen LogP contribution in [-0.2, 0) is 13.1 Å². The van der Waals surface area contributed by atoms with Gasteiger partial charge in [0.05, 0.1) is 0 Å². The molecule has 102 valence electrons. The van der Waals surface area contributed by atoms with Crippen LogP contribution in [0.1, 0.15) is 16.7 Å². The number of nitrogen functional groups attached to an aromatic ring is 1. The summed E-state index contributed by atoms with van der Waals surface area (Å²) in [4.78, 5) is 1.65. The molecule has 0 aliphatic carbocycles. The number of benzene rings is 2. The maximum Gasteiger partial charge on any atom is 0.150 e. The van der Waals surface area contributed by atoms with Crippen LogP contribution in [0.3, 0.4) is 0 Å². The first-order chi connectivity index (χ1) is 9.56. The minimum atomic E-state index is -0.692. The predicted molar refractivity (Wildman–Crippen MR) is 73.7 cm³/mol. The molecule has 0 fully saturated rings. The van der Waals surface area contributed by atoms with Crippen molar-refractivity contribution < 1.29 is 8.78 Å². The number of nitrogens with zero attached hydrogens (tertiary/aromatic N) is 1. The number of rotatable bonds is 2. The summed E-state index contributed by atoms with van der Waals surface area (Å²) in [6.45, 7) is 0.951. The first-order valence-corrected chi connectivity index (χ1v) is 6.21. The Labute approximate surface area is 115 Å². The van der Waals surface area contributed by atoms with Crippen molar-refractivity contribution >= 4 is 11.5 Å². The summed E-state index contributed by atoms with van der Waals surface area (Å²) < 4.78 is 28.2. The zero-order valence-corrected chi connectivity index (χ0v) is 10.7. The first kappa shape index (κ1) is 12.6. The largest absolute Gasteiger partial charge is 0.384 e. The van der Waals surface area contributed by atoms with Crippen LogP contribution in [0.25, 0.3) is 0 Å². The van der Waals surface area contributed by atoms with Gasteiger partial charge in [-0.15, -0.1) is 0 Å². The predicted octanol–water partition coefficient (Wildman–Crippen LogP) is 2.77. The molecule has 0 spiro atoms. The van der Waals surface area contributed by atoms with Crippen LogP contribution in [0, 0.1) is 17.0 Å². The standard InChI is InChI=1S/C15H13F2N3/c16-12-5-11(15(18)19)6-13(17)14(12)20-7-9-3-1-2-4-10(9)8-20/h1-6H,7-8H2,(H3,18,19). The molecule has 2 aromatic rings. The molecule has 3 N–H and O–H groups in total. The van der Waals surface area contributed by atoms with Gasteiger partial charge in [0.1, 0.15) is 23.2 Å². The number of hydrogen-bond donors (Lipinski definition) is 2. The van der Waals surface area contributed by atoms with Gasteiger partial charge in [-0.25, -0.2) is 8.78 Å². The smallest absolute Gasteiger partial charge is 0.150 e. The van der Waals surface area contributed by atoms with Crippen molar-refractivity contribution in [1.29, 1.82) is 5.41 Å². The zero-order chi connectivity index (χ0) is 14.3. The van der Waals surface area contributed by atoms with Gasteiger partial charge in [-0.3, -0.25) is 5.41 Å². The quantitative estimate of drug-likeness (QED) is 0.653. The van der Waals surface area contributed by atoms with E-state index >= 15 is 0 Å². The highest BCUT2D eigenvalue weighted by Gasteiger charge is 2.24. The van der Waals surface area contributed by atoms with Crippen molar-refractivity contribution in [3.8, 4) is 0 Å². The average molecular weight is 273 g/mol. The van der Waals surface area contributed by atoms with Gasteiger partial charge in [0.25, 0.3) is 0 Å². The normalized spacial score (nSPS) is 13.4. The maximum absolute atomic E-state index is 14.1. The van der Waals surface area contributed by atoms with E-state index in [1.54, 1.807) is 4.90 Å². The number of hydrogen-bond acceptors (Lipinski definition) is 2. The minimum absolute atomic E-state index is 0.0560. The van der Waals surface area contributed by atoms with E-state index in [0.29, 0.717) is 13.1 Å². The molecule has 3 nitrogen and oxygen atoms in total. The van der Waals surface area contributed by atoms with Crippen molar-refractivity contribution in [2.75, 3.05) is 4.90 Å². The Morgan fingerprint density at radius 3 is 2.00 bits per heavy atom. The molecule has 1 aliphatic heterocycles. The van der Waals surface area contributed by atoms with Gasteiger partial charge < -0.3 is 10.6 Å². The summed E-state index contributed by atoms with van der Waals surface area (Å²) in [6.07, 6.45) is 0. The lowest BCUT2D eigenvalue weighted by Crippen LogP contribution is -2.19. The third kappa shape index (κ3) is 2.01. The van der Waals surface area contributed by atoms with E-state index in [0.717, 1.165) is 23.3 Å².